The molecule has 0 spiro atoms. The van der Waals surface area contributed by atoms with Crippen LogP contribution in [-0.2, 0) is 0 Å². The number of rotatable bonds is 3. The van der Waals surface area contributed by atoms with Gasteiger partial charge in [-0.05, 0) is 46.6 Å². The SMILES string of the molecule is COc1cc(C(Br)c2sc(C)cc2Br)ccc1F. The van der Waals surface area contributed by atoms with Crippen molar-refractivity contribution in [3.05, 3.63) is 49.9 Å². The van der Waals surface area contributed by atoms with Gasteiger partial charge in [0.1, 0.15) is 0 Å². The van der Waals surface area contributed by atoms with Crippen LogP contribution in [0.2, 0.25) is 0 Å². The maximum atomic E-state index is 13.4. The molecule has 1 atom stereocenters. The quantitative estimate of drug-likeness (QED) is 0.630. The fraction of sp³-hybridized carbons (Fsp3) is 0.231. The van der Waals surface area contributed by atoms with Gasteiger partial charge < -0.3 is 4.74 Å². The molecule has 5 heteroatoms. The minimum Gasteiger partial charge on any atom is -0.494 e. The Morgan fingerprint density at radius 3 is 2.61 bits per heavy atom. The number of hydrogen-bond donors (Lipinski definition) is 0. The van der Waals surface area contributed by atoms with Gasteiger partial charge in [-0.25, -0.2) is 4.39 Å². The number of thiophene rings is 1. The monoisotopic (exact) mass is 392 g/mol. The van der Waals surface area contributed by atoms with E-state index in [1.54, 1.807) is 23.5 Å². The number of benzene rings is 1. The minimum atomic E-state index is -0.345. The largest absolute Gasteiger partial charge is 0.494 e. The van der Waals surface area contributed by atoms with Crippen molar-refractivity contribution in [2.24, 2.45) is 0 Å². The highest BCUT2D eigenvalue weighted by molar-refractivity contribution is 9.11. The topological polar surface area (TPSA) is 9.23 Å². The Kier molecular flexibility index (Phi) is 4.45. The van der Waals surface area contributed by atoms with Gasteiger partial charge in [-0.1, -0.05) is 22.0 Å². The average Bonchev–Trinajstić information content (AvgIpc) is 2.68. The van der Waals surface area contributed by atoms with Crippen molar-refractivity contribution in [1.29, 1.82) is 0 Å². The third-order valence-corrected chi connectivity index (χ3v) is 5.86. The molecule has 0 radical (unpaired) electrons. The smallest absolute Gasteiger partial charge is 0.165 e. The highest BCUT2D eigenvalue weighted by Gasteiger charge is 2.17. The summed E-state index contributed by atoms with van der Waals surface area (Å²) in [5.41, 5.74) is 0.968. The van der Waals surface area contributed by atoms with Crippen LogP contribution in [0.5, 0.6) is 5.75 Å². The summed E-state index contributed by atoms with van der Waals surface area (Å²) in [6.07, 6.45) is 0. The molecule has 0 saturated heterocycles. The summed E-state index contributed by atoms with van der Waals surface area (Å²) in [4.78, 5) is 2.43. The van der Waals surface area contributed by atoms with Gasteiger partial charge in [0.25, 0.3) is 0 Å². The summed E-state index contributed by atoms with van der Waals surface area (Å²) < 4.78 is 19.4. The fourth-order valence-corrected chi connectivity index (χ4v) is 4.66. The van der Waals surface area contributed by atoms with E-state index in [0.29, 0.717) is 0 Å². The van der Waals surface area contributed by atoms with Gasteiger partial charge in [0.15, 0.2) is 11.6 Å². The zero-order valence-corrected chi connectivity index (χ0v) is 13.8. The van der Waals surface area contributed by atoms with Gasteiger partial charge in [0, 0.05) is 14.2 Å². The molecule has 0 bridgehead atoms. The van der Waals surface area contributed by atoms with Crippen LogP contribution >= 0.6 is 43.2 Å². The van der Waals surface area contributed by atoms with E-state index in [1.807, 2.05) is 0 Å². The molecule has 96 valence electrons. The third-order valence-electron chi connectivity index (χ3n) is 2.53. The Morgan fingerprint density at radius 1 is 1.33 bits per heavy atom. The molecule has 0 saturated carbocycles. The number of methoxy groups -OCH3 is 1. The number of halogens is 3. The van der Waals surface area contributed by atoms with Crippen molar-refractivity contribution in [1.82, 2.24) is 0 Å². The molecule has 0 N–H and O–H groups in total. The third kappa shape index (κ3) is 2.78. The molecular weight excluding hydrogens is 383 g/mol. The summed E-state index contributed by atoms with van der Waals surface area (Å²) >= 11 is 8.90. The number of ether oxygens (including phenoxy) is 1. The van der Waals surface area contributed by atoms with Crippen molar-refractivity contribution in [2.75, 3.05) is 7.11 Å². The number of aryl methyl sites for hydroxylation is 1. The van der Waals surface area contributed by atoms with Gasteiger partial charge >= 0.3 is 0 Å². The van der Waals surface area contributed by atoms with E-state index in [1.165, 1.54) is 22.9 Å². The minimum absolute atomic E-state index is 0.0278. The van der Waals surface area contributed by atoms with Crippen LogP contribution in [0, 0.1) is 12.7 Å². The molecule has 1 unspecified atom stereocenters. The molecule has 0 aliphatic heterocycles. The zero-order chi connectivity index (χ0) is 13.3. The zero-order valence-electron chi connectivity index (χ0n) is 9.84. The van der Waals surface area contributed by atoms with Gasteiger partial charge in [0.2, 0.25) is 0 Å². The van der Waals surface area contributed by atoms with E-state index >= 15 is 0 Å². The first kappa shape index (κ1) is 14.0. The van der Waals surface area contributed by atoms with E-state index in [4.69, 9.17) is 4.74 Å². The molecule has 18 heavy (non-hydrogen) atoms. The second kappa shape index (κ2) is 5.72. The van der Waals surface area contributed by atoms with E-state index in [-0.39, 0.29) is 16.4 Å². The summed E-state index contributed by atoms with van der Waals surface area (Å²) in [5, 5.41) is 0. The number of alkyl halides is 1. The second-order valence-corrected chi connectivity index (χ2v) is 6.88. The van der Waals surface area contributed by atoms with Crippen LogP contribution in [-0.4, -0.2) is 7.11 Å². The standard InChI is InChI=1S/C13H11Br2FOS/c1-7-5-9(14)13(18-7)12(15)8-3-4-10(16)11(6-8)17-2/h3-6,12H,1-2H3. The first-order valence-corrected chi connectivity index (χ1v) is 7.78. The molecule has 1 aromatic heterocycles. The van der Waals surface area contributed by atoms with Crippen molar-refractivity contribution >= 4 is 43.2 Å². The van der Waals surface area contributed by atoms with Crippen molar-refractivity contribution in [3.63, 3.8) is 0 Å². The molecular formula is C13H11Br2FOS. The first-order chi connectivity index (χ1) is 8.52. The Morgan fingerprint density at radius 2 is 2.06 bits per heavy atom. The van der Waals surface area contributed by atoms with Gasteiger partial charge in [0.05, 0.1) is 11.9 Å². The van der Waals surface area contributed by atoms with Gasteiger partial charge in [-0.15, -0.1) is 11.3 Å². The molecule has 1 nitrogen and oxygen atoms in total. The predicted molar refractivity (Wildman–Crippen MR) is 80.5 cm³/mol. The molecule has 0 fully saturated rings. The molecule has 2 rings (SSSR count). The van der Waals surface area contributed by atoms with Crippen molar-refractivity contribution < 1.29 is 9.13 Å². The van der Waals surface area contributed by atoms with Gasteiger partial charge in [-0.3, -0.25) is 0 Å². The molecule has 1 aromatic carbocycles. The lowest BCUT2D eigenvalue weighted by Crippen LogP contribution is -1.94. The number of hydrogen-bond acceptors (Lipinski definition) is 2. The van der Waals surface area contributed by atoms with E-state index < -0.39 is 0 Å². The second-order valence-electron chi connectivity index (χ2n) is 3.83. The lowest BCUT2D eigenvalue weighted by molar-refractivity contribution is 0.386. The highest BCUT2D eigenvalue weighted by atomic mass is 79.9. The van der Waals surface area contributed by atoms with E-state index in [0.717, 1.165) is 10.0 Å². The molecule has 0 aliphatic rings. The van der Waals surface area contributed by atoms with Gasteiger partial charge in [-0.2, -0.15) is 0 Å². The summed E-state index contributed by atoms with van der Waals surface area (Å²) in [7, 11) is 1.47. The normalized spacial score (nSPS) is 12.5. The Labute approximate surface area is 126 Å². The highest BCUT2D eigenvalue weighted by Crippen LogP contribution is 2.41. The van der Waals surface area contributed by atoms with Crippen molar-refractivity contribution in [2.45, 2.75) is 11.8 Å². The Balaban J connectivity index is 2.39. The summed E-state index contributed by atoms with van der Waals surface area (Å²) in [5.74, 6) is -0.0799. The summed E-state index contributed by atoms with van der Waals surface area (Å²) in [6.45, 7) is 2.06. The molecule has 2 aromatic rings. The fourth-order valence-electron chi connectivity index (χ4n) is 1.66. The van der Waals surface area contributed by atoms with Crippen molar-refractivity contribution in [3.8, 4) is 5.75 Å². The lowest BCUT2D eigenvalue weighted by Gasteiger charge is -2.11. The molecule has 0 amide bonds. The molecule has 0 aliphatic carbocycles. The van der Waals surface area contributed by atoms with Crippen LogP contribution in [0.15, 0.2) is 28.7 Å². The maximum absolute atomic E-state index is 13.4. The van der Waals surface area contributed by atoms with Crippen LogP contribution < -0.4 is 4.74 Å². The Bertz CT molecular complexity index is 568. The maximum Gasteiger partial charge on any atom is 0.165 e. The van der Waals surface area contributed by atoms with E-state index in [9.17, 15) is 4.39 Å². The Hall–Kier alpha value is -0.390. The van der Waals surface area contributed by atoms with Crippen LogP contribution in [0.25, 0.3) is 0 Å². The summed E-state index contributed by atoms with van der Waals surface area (Å²) in [6, 6.07) is 6.99. The average molecular weight is 394 g/mol. The van der Waals surface area contributed by atoms with E-state index in [2.05, 4.69) is 44.8 Å². The first-order valence-electron chi connectivity index (χ1n) is 5.26. The molecule has 1 heterocycles. The predicted octanol–water partition coefficient (Wildman–Crippen LogP) is 5.45. The lowest BCUT2D eigenvalue weighted by atomic mass is 10.1. The van der Waals surface area contributed by atoms with Crippen LogP contribution in [0.1, 0.15) is 20.1 Å². The van der Waals surface area contributed by atoms with Crippen LogP contribution in [0.3, 0.4) is 0 Å². The van der Waals surface area contributed by atoms with Crippen LogP contribution in [0.4, 0.5) is 4.39 Å².